The number of hydrogen-bond acceptors (Lipinski definition) is 7. The van der Waals surface area contributed by atoms with Gasteiger partial charge in [-0.05, 0) is 50.6 Å². The van der Waals surface area contributed by atoms with E-state index in [9.17, 15) is 9.59 Å². The molecule has 1 fully saturated rings. The number of morpholine rings is 1. The molecule has 9 nitrogen and oxygen atoms in total. The zero-order valence-electron chi connectivity index (χ0n) is 19.3. The number of carbonyl (C=O) groups is 1. The molecule has 2 N–H and O–H groups in total. The molecule has 0 radical (unpaired) electrons. The van der Waals surface area contributed by atoms with Crippen LogP contribution in [0.15, 0.2) is 45.8 Å². The highest BCUT2D eigenvalue weighted by atomic mass is 16.5. The Balaban J connectivity index is 1.55. The van der Waals surface area contributed by atoms with Crippen molar-refractivity contribution in [3.63, 3.8) is 0 Å². The van der Waals surface area contributed by atoms with E-state index in [1.165, 1.54) is 0 Å². The maximum atomic E-state index is 13.5. The standard InChI is InChI=1S/C25H25N5O4/c1-14-10-22(31)28-21-5-4-18(12-19(14)21)27-25(32)20-11-17(23-15(2)29-34-16(23)3)13-26-24(20)30-6-8-33-9-7-30/h4-5,10-13H,6-9H2,1-3H3,(H,27,32)(H,28,31). The van der Waals surface area contributed by atoms with Gasteiger partial charge in [0.15, 0.2) is 0 Å². The van der Waals surface area contributed by atoms with Crippen molar-refractivity contribution >= 4 is 28.3 Å². The Morgan fingerprint density at radius 1 is 1.12 bits per heavy atom. The number of amides is 1. The molecule has 0 spiro atoms. The lowest BCUT2D eigenvalue weighted by Gasteiger charge is -2.29. The van der Waals surface area contributed by atoms with Gasteiger partial charge in [0.1, 0.15) is 11.6 Å². The van der Waals surface area contributed by atoms with Crippen molar-refractivity contribution in [1.29, 1.82) is 0 Å². The quantitative estimate of drug-likeness (QED) is 0.479. The van der Waals surface area contributed by atoms with Crippen LogP contribution in [0.1, 0.15) is 27.4 Å². The number of pyridine rings is 2. The molecule has 0 atom stereocenters. The van der Waals surface area contributed by atoms with Gasteiger partial charge in [0.25, 0.3) is 5.91 Å². The summed E-state index contributed by atoms with van der Waals surface area (Å²) in [6.07, 6.45) is 1.75. The second-order valence-corrected chi connectivity index (χ2v) is 8.42. The van der Waals surface area contributed by atoms with Gasteiger partial charge in [-0.15, -0.1) is 0 Å². The van der Waals surface area contributed by atoms with Gasteiger partial charge in [-0.2, -0.15) is 0 Å². The van der Waals surface area contributed by atoms with Gasteiger partial charge in [-0.3, -0.25) is 9.59 Å². The minimum Gasteiger partial charge on any atom is -0.378 e. The molecule has 4 aromatic rings. The molecule has 9 heteroatoms. The Labute approximate surface area is 195 Å². The van der Waals surface area contributed by atoms with Gasteiger partial charge >= 0.3 is 0 Å². The first-order valence-electron chi connectivity index (χ1n) is 11.1. The predicted octanol–water partition coefficient (Wildman–Crippen LogP) is 3.59. The number of aromatic amines is 1. The van der Waals surface area contributed by atoms with Gasteiger partial charge in [0, 0.05) is 53.1 Å². The number of ether oxygens (including phenoxy) is 1. The van der Waals surface area contributed by atoms with Crippen LogP contribution in [0.3, 0.4) is 0 Å². The summed E-state index contributed by atoms with van der Waals surface area (Å²) in [6.45, 7) is 8.04. The first-order valence-corrected chi connectivity index (χ1v) is 11.1. The molecule has 5 rings (SSSR count). The first-order chi connectivity index (χ1) is 16.4. The molecule has 174 valence electrons. The normalized spacial score (nSPS) is 13.9. The summed E-state index contributed by atoms with van der Waals surface area (Å²) in [5.41, 5.74) is 4.83. The summed E-state index contributed by atoms with van der Waals surface area (Å²) in [5, 5.41) is 7.91. The van der Waals surface area contributed by atoms with Crippen molar-refractivity contribution in [3.05, 3.63) is 69.5 Å². The van der Waals surface area contributed by atoms with Crippen LogP contribution in [-0.4, -0.2) is 47.3 Å². The molecule has 0 aliphatic carbocycles. The largest absolute Gasteiger partial charge is 0.378 e. The number of anilines is 2. The van der Waals surface area contributed by atoms with Gasteiger partial charge < -0.3 is 24.5 Å². The zero-order valence-corrected chi connectivity index (χ0v) is 19.3. The summed E-state index contributed by atoms with van der Waals surface area (Å²) in [4.78, 5) is 34.9. The number of H-pyrrole nitrogens is 1. The minimum absolute atomic E-state index is 0.154. The van der Waals surface area contributed by atoms with E-state index in [0.717, 1.165) is 33.3 Å². The van der Waals surface area contributed by atoms with E-state index in [-0.39, 0.29) is 11.5 Å². The van der Waals surface area contributed by atoms with Crippen LogP contribution >= 0.6 is 0 Å². The molecular weight excluding hydrogens is 434 g/mol. The molecule has 0 bridgehead atoms. The van der Waals surface area contributed by atoms with Crippen molar-refractivity contribution in [3.8, 4) is 11.1 Å². The predicted molar refractivity (Wildman–Crippen MR) is 129 cm³/mol. The maximum Gasteiger partial charge on any atom is 0.259 e. The highest BCUT2D eigenvalue weighted by molar-refractivity contribution is 6.09. The summed E-state index contributed by atoms with van der Waals surface area (Å²) in [5.74, 6) is 1.01. The summed E-state index contributed by atoms with van der Waals surface area (Å²) in [7, 11) is 0. The van der Waals surface area contributed by atoms with Crippen LogP contribution in [-0.2, 0) is 4.74 Å². The number of nitrogens with one attached hydrogen (secondary N) is 2. The molecule has 4 heterocycles. The van der Waals surface area contributed by atoms with Crippen molar-refractivity contribution in [2.75, 3.05) is 36.5 Å². The average molecular weight is 460 g/mol. The molecule has 0 unspecified atom stereocenters. The average Bonchev–Trinajstić information content (AvgIpc) is 3.17. The van der Waals surface area contributed by atoms with Crippen molar-refractivity contribution < 1.29 is 14.1 Å². The fourth-order valence-corrected chi connectivity index (χ4v) is 4.38. The van der Waals surface area contributed by atoms with E-state index in [2.05, 4.69) is 25.3 Å². The Morgan fingerprint density at radius 3 is 2.65 bits per heavy atom. The van der Waals surface area contributed by atoms with Gasteiger partial charge in [0.05, 0.1) is 24.5 Å². The van der Waals surface area contributed by atoms with Crippen molar-refractivity contribution in [2.24, 2.45) is 0 Å². The number of fused-ring (bicyclic) bond motifs is 1. The molecule has 0 saturated carbocycles. The van der Waals surface area contributed by atoms with E-state index in [1.54, 1.807) is 24.4 Å². The number of aromatic nitrogens is 3. The molecule has 1 aliphatic heterocycles. The van der Waals surface area contributed by atoms with Crippen LogP contribution in [0, 0.1) is 20.8 Å². The van der Waals surface area contributed by atoms with E-state index >= 15 is 0 Å². The molecular formula is C25H25N5O4. The molecule has 1 aromatic carbocycles. The van der Waals surface area contributed by atoms with Crippen molar-refractivity contribution in [1.82, 2.24) is 15.1 Å². The number of aryl methyl sites for hydroxylation is 3. The maximum absolute atomic E-state index is 13.5. The summed E-state index contributed by atoms with van der Waals surface area (Å²) < 4.78 is 10.8. The fraction of sp³-hybridized carbons (Fsp3) is 0.280. The third kappa shape index (κ3) is 4.06. The lowest BCUT2D eigenvalue weighted by Crippen LogP contribution is -2.38. The molecule has 3 aromatic heterocycles. The first kappa shape index (κ1) is 21.8. The number of nitrogens with zero attached hydrogens (tertiary/aromatic N) is 3. The van der Waals surface area contributed by atoms with E-state index < -0.39 is 0 Å². The lowest BCUT2D eigenvalue weighted by atomic mass is 10.0. The number of hydrogen-bond donors (Lipinski definition) is 2. The number of benzene rings is 1. The molecule has 1 amide bonds. The van der Waals surface area contributed by atoms with E-state index in [0.29, 0.717) is 49.1 Å². The third-order valence-corrected chi connectivity index (χ3v) is 6.05. The van der Waals surface area contributed by atoms with Crippen LogP contribution in [0.25, 0.3) is 22.0 Å². The van der Waals surface area contributed by atoms with Gasteiger partial charge in [0.2, 0.25) is 5.56 Å². The monoisotopic (exact) mass is 459 g/mol. The van der Waals surface area contributed by atoms with Gasteiger partial charge in [-0.25, -0.2) is 4.98 Å². The Kier molecular flexibility index (Phi) is 5.62. The summed E-state index contributed by atoms with van der Waals surface area (Å²) >= 11 is 0. The summed E-state index contributed by atoms with van der Waals surface area (Å²) in [6, 6.07) is 8.81. The fourth-order valence-electron chi connectivity index (χ4n) is 4.38. The highest BCUT2D eigenvalue weighted by Crippen LogP contribution is 2.31. The smallest absolute Gasteiger partial charge is 0.259 e. The second-order valence-electron chi connectivity index (χ2n) is 8.42. The molecule has 34 heavy (non-hydrogen) atoms. The Morgan fingerprint density at radius 2 is 1.91 bits per heavy atom. The zero-order chi connectivity index (χ0) is 23.8. The molecule has 1 saturated heterocycles. The van der Waals surface area contributed by atoms with Crippen molar-refractivity contribution in [2.45, 2.75) is 20.8 Å². The SMILES string of the molecule is Cc1noc(C)c1-c1cnc(N2CCOCC2)c(C(=O)Nc2ccc3[nH]c(=O)cc(C)c3c2)c1. The molecule has 1 aliphatic rings. The Hall–Kier alpha value is -3.98. The van der Waals surface area contributed by atoms with Crippen LogP contribution in [0.4, 0.5) is 11.5 Å². The van der Waals surface area contributed by atoms with E-state index in [1.807, 2.05) is 32.9 Å². The van der Waals surface area contributed by atoms with Crippen LogP contribution < -0.4 is 15.8 Å². The van der Waals surface area contributed by atoms with E-state index in [4.69, 9.17) is 9.26 Å². The third-order valence-electron chi connectivity index (χ3n) is 6.05. The van der Waals surface area contributed by atoms with Crippen LogP contribution in [0.2, 0.25) is 0 Å². The lowest BCUT2D eigenvalue weighted by molar-refractivity contribution is 0.102. The topological polar surface area (TPSA) is 113 Å². The second kappa shape index (κ2) is 8.75. The number of carbonyl (C=O) groups excluding carboxylic acids is 1. The Bertz CT molecular complexity index is 1430. The minimum atomic E-state index is -0.274. The number of rotatable bonds is 4. The van der Waals surface area contributed by atoms with Crippen LogP contribution in [0.5, 0.6) is 0 Å². The van der Waals surface area contributed by atoms with Gasteiger partial charge in [-0.1, -0.05) is 5.16 Å². The highest BCUT2D eigenvalue weighted by Gasteiger charge is 2.23.